The first-order valence-electron chi connectivity index (χ1n) is 16.2. The van der Waals surface area contributed by atoms with Gasteiger partial charge < -0.3 is 24.1 Å². The first kappa shape index (κ1) is 39.6. The highest BCUT2D eigenvalue weighted by molar-refractivity contribution is 7.90. The van der Waals surface area contributed by atoms with Crippen molar-refractivity contribution in [3.63, 3.8) is 0 Å². The van der Waals surface area contributed by atoms with E-state index in [0.717, 1.165) is 9.98 Å². The molecule has 4 atom stereocenters. The van der Waals surface area contributed by atoms with Crippen molar-refractivity contribution in [3.8, 4) is 0 Å². The average molecular weight is 752 g/mol. The lowest BCUT2D eigenvalue weighted by molar-refractivity contribution is -0.0566. The molecule has 17 heteroatoms. The van der Waals surface area contributed by atoms with Crippen LogP contribution < -0.4 is 17.0 Å². The van der Waals surface area contributed by atoms with E-state index in [1.165, 1.54) is 44.5 Å². The van der Waals surface area contributed by atoms with Crippen molar-refractivity contribution in [2.24, 2.45) is 5.73 Å². The molecule has 1 aromatic heterocycles. The van der Waals surface area contributed by atoms with E-state index in [2.05, 4.69) is 0 Å². The molecular weight excluding hydrogens is 703 g/mol. The summed E-state index contributed by atoms with van der Waals surface area (Å²) in [5.74, 6) is -1.72. The van der Waals surface area contributed by atoms with Gasteiger partial charge in [-0.05, 0) is 61.4 Å². The van der Waals surface area contributed by atoms with Crippen LogP contribution in [0.15, 0.2) is 51.2 Å². The Labute approximate surface area is 294 Å². The van der Waals surface area contributed by atoms with Crippen molar-refractivity contribution in [1.29, 1.82) is 0 Å². The van der Waals surface area contributed by atoms with Crippen LogP contribution in [0.1, 0.15) is 74.0 Å². The maximum atomic E-state index is 14.4. The summed E-state index contributed by atoms with van der Waals surface area (Å²) in [5.41, 5.74) is 2.32. The quantitative estimate of drug-likeness (QED) is 0.233. The lowest BCUT2D eigenvalue weighted by atomic mass is 9.89. The molecule has 1 aromatic carbocycles. The first-order chi connectivity index (χ1) is 22.7. The van der Waals surface area contributed by atoms with Gasteiger partial charge in [-0.3, -0.25) is 14.2 Å². The van der Waals surface area contributed by atoms with E-state index in [1.807, 2.05) is 67.7 Å². The summed E-state index contributed by atoms with van der Waals surface area (Å²) in [6.07, 6.45) is -2.76. The Bertz CT molecular complexity index is 1960. The number of carbonyl (C=O) groups excluding carboxylic acids is 2. The fourth-order valence-electron chi connectivity index (χ4n) is 5.30. The van der Waals surface area contributed by atoms with Gasteiger partial charge in [0.05, 0.1) is 30.4 Å². The lowest BCUT2D eigenvalue weighted by Gasteiger charge is -2.43. The first-order valence-corrected chi connectivity index (χ1v) is 23.5. The van der Waals surface area contributed by atoms with Crippen molar-refractivity contribution >= 4 is 38.6 Å². The van der Waals surface area contributed by atoms with Crippen molar-refractivity contribution in [1.82, 2.24) is 9.13 Å². The minimum Gasteiger partial charge on any atom is -0.465 e. The topological polar surface area (TPSA) is 184 Å². The number of esters is 1. The molecule has 0 aliphatic carbocycles. The molecule has 50 heavy (non-hydrogen) atoms. The number of nitrogens with zero attached hydrogens (tertiary/aromatic N) is 2. The largest absolute Gasteiger partial charge is 0.465 e. The third-order valence-corrected chi connectivity index (χ3v) is 20.4. The Hall–Kier alpha value is -3.20. The Morgan fingerprint density at radius 2 is 1.58 bits per heavy atom. The van der Waals surface area contributed by atoms with Crippen LogP contribution in [0.3, 0.4) is 0 Å². The van der Waals surface area contributed by atoms with Gasteiger partial charge in [0, 0.05) is 17.3 Å². The van der Waals surface area contributed by atoms with Gasteiger partial charge in [0.15, 0.2) is 28.5 Å². The molecule has 4 rings (SSSR count). The summed E-state index contributed by atoms with van der Waals surface area (Å²) in [6, 6.07) is 5.42. The number of nitrogens with two attached hydrogens (primary N) is 1. The molecule has 0 amide bonds. The summed E-state index contributed by atoms with van der Waals surface area (Å²) < 4.78 is 58.3. The second-order valence-corrected chi connectivity index (χ2v) is 26.8. The molecule has 0 radical (unpaired) electrons. The fraction of sp³-hybridized carbons (Fsp3) is 0.576. The van der Waals surface area contributed by atoms with E-state index in [-0.39, 0.29) is 34.0 Å². The zero-order valence-electron chi connectivity index (χ0n) is 30.8. The van der Waals surface area contributed by atoms with Crippen LogP contribution in [0, 0.1) is 6.92 Å². The maximum Gasteiger partial charge on any atom is 0.340 e. The number of aryl methyl sites for hydroxylation is 1. The van der Waals surface area contributed by atoms with Crippen LogP contribution in [0.4, 0.5) is 0 Å². The minimum absolute atomic E-state index is 0.00440. The highest BCUT2D eigenvalue weighted by Gasteiger charge is 2.67. The second kappa shape index (κ2) is 13.1. The zero-order chi connectivity index (χ0) is 38.0. The van der Waals surface area contributed by atoms with Crippen LogP contribution in [0.5, 0.6) is 0 Å². The maximum absolute atomic E-state index is 14.4. The third-order valence-electron chi connectivity index (χ3n) is 10.4. The molecule has 0 saturated carbocycles. The van der Waals surface area contributed by atoms with Gasteiger partial charge in [0.25, 0.3) is 21.6 Å². The minimum atomic E-state index is -4.34. The van der Waals surface area contributed by atoms with Crippen LogP contribution in [0.2, 0.25) is 36.3 Å². The monoisotopic (exact) mass is 751 g/mol. The molecule has 276 valence electrons. The van der Waals surface area contributed by atoms with E-state index in [9.17, 15) is 27.6 Å². The molecule has 0 bridgehead atoms. The number of methoxy groups -OCH3 is 1. The van der Waals surface area contributed by atoms with E-state index in [4.69, 9.17) is 28.2 Å². The Kier molecular flexibility index (Phi) is 10.4. The van der Waals surface area contributed by atoms with Crippen LogP contribution in [-0.2, 0) is 32.6 Å². The second-order valence-electron chi connectivity index (χ2n) is 15.8. The third kappa shape index (κ3) is 7.00. The highest BCUT2D eigenvalue weighted by atomic mass is 32.2. The highest BCUT2D eigenvalue weighted by Crippen LogP contribution is 2.52. The van der Waals surface area contributed by atoms with Crippen LogP contribution in [-0.4, -0.2) is 77.6 Å². The molecule has 2 aliphatic rings. The number of benzene rings is 1. The predicted molar refractivity (Wildman–Crippen MR) is 191 cm³/mol. The van der Waals surface area contributed by atoms with Crippen LogP contribution in [0.25, 0.3) is 0 Å². The SMILES string of the molecule is COC(=O)c1cccc(C(=O)n2c(=O)c(C)cn([C@@H]3O[C@H](CO[Si](C)(C)C(C)(C)C)[C@@]4(OS(=O)(=O)C=C4N)[C@H]3O[Si](C)(C)C(C)(C)C)c2=O)c1. The lowest BCUT2D eigenvalue weighted by Crippen LogP contribution is -2.59. The Morgan fingerprint density at radius 1 is 1.00 bits per heavy atom. The number of aromatic nitrogens is 2. The fourth-order valence-corrected chi connectivity index (χ4v) is 8.81. The Balaban J connectivity index is 1.97. The van der Waals surface area contributed by atoms with Gasteiger partial charge in [0.1, 0.15) is 12.2 Å². The smallest absolute Gasteiger partial charge is 0.340 e. The molecule has 2 aromatic rings. The predicted octanol–water partition coefficient (Wildman–Crippen LogP) is 4.00. The average Bonchev–Trinajstić information content (AvgIpc) is 3.42. The molecule has 14 nitrogen and oxygen atoms in total. The van der Waals surface area contributed by atoms with E-state index in [1.54, 1.807) is 0 Å². The summed E-state index contributed by atoms with van der Waals surface area (Å²) in [5, 5.41) is 0.172. The molecule has 3 heterocycles. The number of rotatable bonds is 8. The number of carbonyl (C=O) groups is 2. The molecule has 1 spiro atoms. The van der Waals surface area contributed by atoms with Gasteiger partial charge in [-0.2, -0.15) is 13.0 Å². The number of ether oxygens (including phenoxy) is 2. The van der Waals surface area contributed by atoms with Gasteiger partial charge in [-0.15, -0.1) is 0 Å². The summed E-state index contributed by atoms with van der Waals surface area (Å²) >= 11 is 0. The van der Waals surface area contributed by atoms with Crippen molar-refractivity contribution in [2.45, 2.75) is 109 Å². The molecule has 1 saturated heterocycles. The van der Waals surface area contributed by atoms with E-state index in [0.29, 0.717) is 4.57 Å². The van der Waals surface area contributed by atoms with Crippen molar-refractivity contribution in [2.75, 3.05) is 13.7 Å². The molecule has 2 N–H and O–H groups in total. The normalized spacial score (nSPS) is 24.0. The number of hydrogen-bond acceptors (Lipinski definition) is 12. The van der Waals surface area contributed by atoms with Gasteiger partial charge in [0.2, 0.25) is 0 Å². The summed E-state index contributed by atoms with van der Waals surface area (Å²) in [7, 11) is -8.47. The molecule has 2 aliphatic heterocycles. The van der Waals surface area contributed by atoms with Gasteiger partial charge in [-0.1, -0.05) is 47.6 Å². The summed E-state index contributed by atoms with van der Waals surface area (Å²) in [6.45, 7) is 21.3. The Morgan fingerprint density at radius 3 is 2.10 bits per heavy atom. The van der Waals surface area contributed by atoms with Crippen molar-refractivity contribution in [3.05, 3.63) is 79.1 Å². The zero-order valence-corrected chi connectivity index (χ0v) is 33.6. The van der Waals surface area contributed by atoms with Gasteiger partial charge in [-0.25, -0.2) is 13.8 Å². The van der Waals surface area contributed by atoms with E-state index < -0.39 is 79.0 Å². The summed E-state index contributed by atoms with van der Waals surface area (Å²) in [4.78, 5) is 53.9. The van der Waals surface area contributed by atoms with Crippen molar-refractivity contribution < 1.29 is 40.5 Å². The molecule has 1 fully saturated rings. The van der Waals surface area contributed by atoms with Gasteiger partial charge >= 0.3 is 11.7 Å². The standard InChI is InChI=1S/C33H49N3O11SSi2/c1-20-17-35(30(40)36(26(20)37)27(38)21-14-13-15-22(16-21)29(39)43-8)28-25(46-50(11,12)32(5,6)7)33(23(34)19-48(41,42)47-33)24(45-28)18-44-49(9,10)31(2,3)4/h13-17,19,24-25,28H,18,34H2,1-12H3/t24-,25+,28-,33-/m1/s1. The number of hydrogen-bond donors (Lipinski definition) is 1. The van der Waals surface area contributed by atoms with Crippen LogP contribution >= 0.6 is 0 Å². The molecular formula is C33H49N3O11SSi2. The molecule has 0 unspecified atom stereocenters. The van der Waals surface area contributed by atoms with E-state index >= 15 is 0 Å².